The molecule has 100 valence electrons. The van der Waals surface area contributed by atoms with Gasteiger partial charge in [0.2, 0.25) is 5.78 Å². The topological polar surface area (TPSA) is 70.1 Å². The van der Waals surface area contributed by atoms with E-state index in [2.05, 4.69) is 5.10 Å². The van der Waals surface area contributed by atoms with Crippen molar-refractivity contribution in [1.29, 1.82) is 0 Å². The van der Waals surface area contributed by atoms with Crippen molar-refractivity contribution in [2.24, 2.45) is 12.8 Å². The van der Waals surface area contributed by atoms with Crippen molar-refractivity contribution in [3.63, 3.8) is 0 Å². The van der Waals surface area contributed by atoms with Gasteiger partial charge in [-0.25, -0.2) is 0 Å². The molecule has 2 N–H and O–H groups in total. The van der Waals surface area contributed by atoms with E-state index in [1.54, 1.807) is 14.0 Å². The fraction of sp³-hybridized carbons (Fsp3) is 0.286. The summed E-state index contributed by atoms with van der Waals surface area (Å²) >= 11 is 0. The first-order valence-corrected chi connectivity index (χ1v) is 5.93. The highest BCUT2D eigenvalue weighted by atomic mass is 16.5. The Morgan fingerprint density at radius 3 is 2.58 bits per heavy atom. The third-order valence-corrected chi connectivity index (χ3v) is 3.19. The number of benzene rings is 1. The molecule has 1 unspecified atom stereocenters. The van der Waals surface area contributed by atoms with Crippen LogP contribution >= 0.6 is 0 Å². The molecule has 0 bridgehead atoms. The minimum atomic E-state index is -1.12. The number of aryl methyl sites for hydroxylation is 1. The normalized spacial score (nSPS) is 13.9. The van der Waals surface area contributed by atoms with E-state index in [4.69, 9.17) is 10.5 Å². The molecule has 19 heavy (non-hydrogen) atoms. The van der Waals surface area contributed by atoms with Gasteiger partial charge in [0.25, 0.3) is 0 Å². The molecule has 0 aliphatic carbocycles. The van der Waals surface area contributed by atoms with E-state index >= 15 is 0 Å². The molecule has 0 radical (unpaired) electrons. The third kappa shape index (κ3) is 2.24. The Kier molecular flexibility index (Phi) is 3.40. The Balaban J connectivity index is 2.46. The van der Waals surface area contributed by atoms with Crippen molar-refractivity contribution in [3.8, 4) is 5.75 Å². The van der Waals surface area contributed by atoms with Gasteiger partial charge in [0.05, 0.1) is 13.3 Å². The number of carbonyl (C=O) groups is 1. The molecule has 1 heterocycles. The van der Waals surface area contributed by atoms with Crippen molar-refractivity contribution in [1.82, 2.24) is 9.78 Å². The van der Waals surface area contributed by atoms with Crippen LogP contribution in [-0.2, 0) is 12.6 Å². The van der Waals surface area contributed by atoms with E-state index in [0.29, 0.717) is 11.4 Å². The van der Waals surface area contributed by atoms with Gasteiger partial charge >= 0.3 is 0 Å². The highest BCUT2D eigenvalue weighted by molar-refractivity contribution is 6.04. The number of ketones is 1. The van der Waals surface area contributed by atoms with Crippen LogP contribution in [0.3, 0.4) is 0 Å². The van der Waals surface area contributed by atoms with Crippen LogP contribution in [0.25, 0.3) is 0 Å². The Labute approximate surface area is 112 Å². The maximum absolute atomic E-state index is 12.7. The molecule has 0 fully saturated rings. The summed E-state index contributed by atoms with van der Waals surface area (Å²) in [5.74, 6) is 0.204. The molecule has 0 saturated heterocycles. The largest absolute Gasteiger partial charge is 0.493 e. The second-order valence-corrected chi connectivity index (χ2v) is 4.58. The predicted molar refractivity (Wildman–Crippen MR) is 72.1 cm³/mol. The van der Waals surface area contributed by atoms with Gasteiger partial charge < -0.3 is 10.5 Å². The van der Waals surface area contributed by atoms with Crippen molar-refractivity contribution < 1.29 is 9.53 Å². The number of nitrogens with zero attached hydrogens (tertiary/aromatic N) is 2. The fourth-order valence-corrected chi connectivity index (χ4v) is 1.99. The van der Waals surface area contributed by atoms with Gasteiger partial charge in [-0.2, -0.15) is 5.10 Å². The summed E-state index contributed by atoms with van der Waals surface area (Å²) in [6.45, 7) is 1.69. The molecule has 0 aliphatic heterocycles. The van der Waals surface area contributed by atoms with Crippen LogP contribution in [0.15, 0.2) is 36.5 Å². The summed E-state index contributed by atoms with van der Waals surface area (Å²) < 4.78 is 6.64. The number of methoxy groups -OCH3 is 1. The van der Waals surface area contributed by atoms with Crippen molar-refractivity contribution in [2.75, 3.05) is 7.11 Å². The van der Waals surface area contributed by atoms with Crippen LogP contribution in [0.2, 0.25) is 0 Å². The van der Waals surface area contributed by atoms with E-state index in [0.717, 1.165) is 5.56 Å². The van der Waals surface area contributed by atoms with Crippen LogP contribution in [0.5, 0.6) is 5.75 Å². The molecule has 1 aromatic heterocycles. The molecule has 0 aliphatic rings. The van der Waals surface area contributed by atoms with Gasteiger partial charge in [0.1, 0.15) is 11.2 Å². The first-order valence-electron chi connectivity index (χ1n) is 5.93. The van der Waals surface area contributed by atoms with Crippen molar-refractivity contribution in [2.45, 2.75) is 12.5 Å². The van der Waals surface area contributed by atoms with E-state index < -0.39 is 5.54 Å². The minimum Gasteiger partial charge on any atom is -0.493 e. The van der Waals surface area contributed by atoms with E-state index in [1.807, 2.05) is 30.3 Å². The number of ether oxygens (including phenoxy) is 1. The second-order valence-electron chi connectivity index (χ2n) is 4.58. The first-order chi connectivity index (χ1) is 8.98. The Hall–Kier alpha value is -2.14. The summed E-state index contributed by atoms with van der Waals surface area (Å²) in [5, 5.41) is 4.03. The fourth-order valence-electron chi connectivity index (χ4n) is 1.99. The van der Waals surface area contributed by atoms with Crippen molar-refractivity contribution in [3.05, 3.63) is 47.8 Å². The highest BCUT2D eigenvalue weighted by Crippen LogP contribution is 2.27. The van der Waals surface area contributed by atoms with Crippen molar-refractivity contribution >= 4 is 5.78 Å². The summed E-state index contributed by atoms with van der Waals surface area (Å²) in [6, 6.07) is 9.26. The maximum Gasteiger partial charge on any atom is 0.208 e. The molecule has 2 aromatic rings. The van der Waals surface area contributed by atoms with Gasteiger partial charge in [-0.05, 0) is 12.5 Å². The molecule has 0 amide bonds. The van der Waals surface area contributed by atoms with Gasteiger partial charge in [0.15, 0.2) is 5.75 Å². The van der Waals surface area contributed by atoms with E-state index in [1.165, 1.54) is 18.0 Å². The zero-order chi connectivity index (χ0) is 14.0. The van der Waals surface area contributed by atoms with E-state index in [-0.39, 0.29) is 5.78 Å². The lowest BCUT2D eigenvalue weighted by Crippen LogP contribution is -2.42. The Bertz CT molecular complexity index is 588. The molecule has 0 saturated carbocycles. The number of hydrogen-bond donors (Lipinski definition) is 1. The first kappa shape index (κ1) is 13.3. The summed E-state index contributed by atoms with van der Waals surface area (Å²) in [4.78, 5) is 12.7. The molecule has 5 heteroatoms. The lowest BCUT2D eigenvalue weighted by atomic mass is 9.87. The number of aromatic nitrogens is 2. The predicted octanol–water partition coefficient (Wildman–Crippen LogP) is 1.49. The minimum absolute atomic E-state index is 0.226. The average molecular weight is 259 g/mol. The monoisotopic (exact) mass is 259 g/mol. The number of hydrogen-bond acceptors (Lipinski definition) is 4. The smallest absolute Gasteiger partial charge is 0.208 e. The summed E-state index contributed by atoms with van der Waals surface area (Å²) in [5.41, 5.74) is 6.22. The lowest BCUT2D eigenvalue weighted by molar-refractivity contribution is 0.0886. The third-order valence-electron chi connectivity index (χ3n) is 3.19. The second kappa shape index (κ2) is 4.85. The SMILES string of the molecule is COc1cnn(C)c1C(=O)C(C)(N)c1ccccc1. The van der Waals surface area contributed by atoms with Crippen LogP contribution in [0, 0.1) is 0 Å². The number of carbonyl (C=O) groups excluding carboxylic acids is 1. The average Bonchev–Trinajstić information content (AvgIpc) is 2.79. The maximum atomic E-state index is 12.7. The number of rotatable bonds is 4. The molecule has 0 spiro atoms. The highest BCUT2D eigenvalue weighted by Gasteiger charge is 2.35. The molecular weight excluding hydrogens is 242 g/mol. The molecule has 5 nitrogen and oxygen atoms in total. The lowest BCUT2D eigenvalue weighted by Gasteiger charge is -2.23. The zero-order valence-electron chi connectivity index (χ0n) is 11.3. The number of nitrogens with two attached hydrogens (primary N) is 1. The van der Waals surface area contributed by atoms with E-state index in [9.17, 15) is 4.79 Å². The summed E-state index contributed by atoms with van der Waals surface area (Å²) in [7, 11) is 3.20. The Morgan fingerprint density at radius 2 is 2.00 bits per heavy atom. The van der Waals surface area contributed by atoms with Gasteiger partial charge in [-0.15, -0.1) is 0 Å². The van der Waals surface area contributed by atoms with Gasteiger partial charge in [-0.1, -0.05) is 30.3 Å². The van der Waals surface area contributed by atoms with Crippen LogP contribution < -0.4 is 10.5 Å². The van der Waals surface area contributed by atoms with Crippen LogP contribution in [0.1, 0.15) is 23.0 Å². The number of Topliss-reactive ketones (excluding diaryl/α,β-unsaturated/α-hetero) is 1. The quantitative estimate of drug-likeness (QED) is 0.844. The van der Waals surface area contributed by atoms with Gasteiger partial charge in [0, 0.05) is 7.05 Å². The zero-order valence-corrected chi connectivity index (χ0v) is 11.3. The van der Waals surface area contributed by atoms with Crippen LogP contribution in [0.4, 0.5) is 0 Å². The standard InChI is InChI=1S/C14H17N3O2/c1-14(15,10-7-5-4-6-8-10)13(18)12-11(19-3)9-16-17(12)2/h4-9H,15H2,1-3H3. The molecular formula is C14H17N3O2. The van der Waals surface area contributed by atoms with Gasteiger partial charge in [-0.3, -0.25) is 9.48 Å². The summed E-state index contributed by atoms with van der Waals surface area (Å²) in [6.07, 6.45) is 1.51. The molecule has 1 aromatic carbocycles. The Morgan fingerprint density at radius 1 is 1.37 bits per heavy atom. The molecule has 2 rings (SSSR count). The molecule has 1 atom stereocenters. The van der Waals surface area contributed by atoms with Crippen LogP contribution in [-0.4, -0.2) is 22.7 Å².